The average Bonchev–Trinajstić information content (AvgIpc) is 3.03. The van der Waals surface area contributed by atoms with Crippen LogP contribution < -0.4 is 9.62 Å². The molecule has 236 valence electrons. The van der Waals surface area contributed by atoms with Crippen LogP contribution >= 0.6 is 11.6 Å². The van der Waals surface area contributed by atoms with Gasteiger partial charge in [-0.25, -0.2) is 8.42 Å². The lowest BCUT2D eigenvalue weighted by molar-refractivity contribution is -0.140. The van der Waals surface area contributed by atoms with Crippen molar-refractivity contribution in [3.8, 4) is 0 Å². The van der Waals surface area contributed by atoms with Gasteiger partial charge in [-0.3, -0.25) is 13.9 Å². The molecule has 4 aromatic rings. The van der Waals surface area contributed by atoms with Crippen molar-refractivity contribution in [1.29, 1.82) is 0 Å². The summed E-state index contributed by atoms with van der Waals surface area (Å²) in [6, 6.07) is 29.2. The van der Waals surface area contributed by atoms with E-state index in [1.54, 1.807) is 18.2 Å². The molecule has 9 heteroatoms. The van der Waals surface area contributed by atoms with Gasteiger partial charge >= 0.3 is 0 Å². The van der Waals surface area contributed by atoms with Crippen LogP contribution in [0, 0.1) is 13.8 Å². The summed E-state index contributed by atoms with van der Waals surface area (Å²) in [5.41, 5.74) is 3.91. The highest BCUT2D eigenvalue weighted by molar-refractivity contribution is 7.92. The number of carbonyl (C=O) groups excluding carboxylic acids is 2. The lowest BCUT2D eigenvalue weighted by atomic mass is 10.0. The number of anilines is 1. The van der Waals surface area contributed by atoms with Gasteiger partial charge in [0.05, 0.1) is 10.6 Å². The first-order chi connectivity index (χ1) is 21.6. The molecule has 0 aliphatic heterocycles. The summed E-state index contributed by atoms with van der Waals surface area (Å²) in [6.45, 7) is 5.96. The number of amides is 2. The molecule has 0 heterocycles. The van der Waals surface area contributed by atoms with Gasteiger partial charge in [0.2, 0.25) is 11.8 Å². The number of sulfonamides is 1. The minimum atomic E-state index is -4.19. The molecule has 0 saturated heterocycles. The standard InChI is InChI=1S/C36H40ClN3O4S/c1-4-5-22-38-36(42)34(24-29-14-7-6-8-15-29)39(25-30-16-10-9-13-28(30)3)35(41)26-40(32-17-11-12-27(2)23-32)45(43,44)33-20-18-31(37)19-21-33/h6-21,23,34H,4-5,22,24-26H2,1-3H3,(H,38,42)/t34-/m0/s1. The third-order valence-corrected chi connectivity index (χ3v) is 9.71. The molecule has 0 spiro atoms. The fourth-order valence-electron chi connectivity index (χ4n) is 5.08. The molecule has 0 radical (unpaired) electrons. The van der Waals surface area contributed by atoms with Crippen molar-refractivity contribution in [2.24, 2.45) is 0 Å². The summed E-state index contributed by atoms with van der Waals surface area (Å²) in [6.07, 6.45) is 1.98. The number of nitrogens with one attached hydrogen (secondary N) is 1. The predicted molar refractivity (Wildman–Crippen MR) is 181 cm³/mol. The van der Waals surface area contributed by atoms with E-state index in [0.29, 0.717) is 17.3 Å². The third-order valence-electron chi connectivity index (χ3n) is 7.67. The second-order valence-electron chi connectivity index (χ2n) is 11.1. The van der Waals surface area contributed by atoms with Gasteiger partial charge < -0.3 is 10.2 Å². The Hall–Kier alpha value is -4.14. The topological polar surface area (TPSA) is 86.8 Å². The minimum Gasteiger partial charge on any atom is -0.354 e. The number of aryl methyl sites for hydroxylation is 2. The minimum absolute atomic E-state index is 0.00445. The first kappa shape index (κ1) is 33.7. The van der Waals surface area contributed by atoms with Crippen molar-refractivity contribution in [3.05, 3.63) is 130 Å². The lowest BCUT2D eigenvalue weighted by Crippen LogP contribution is -2.53. The van der Waals surface area contributed by atoms with Crippen LogP contribution in [0.25, 0.3) is 0 Å². The Morgan fingerprint density at radius 1 is 0.867 bits per heavy atom. The Bertz CT molecular complexity index is 1700. The highest BCUT2D eigenvalue weighted by Crippen LogP contribution is 2.27. The molecule has 1 atom stereocenters. The first-order valence-corrected chi connectivity index (χ1v) is 16.9. The Balaban J connectivity index is 1.80. The smallest absolute Gasteiger partial charge is 0.264 e. The van der Waals surface area contributed by atoms with E-state index in [4.69, 9.17) is 11.6 Å². The van der Waals surface area contributed by atoms with Crippen LogP contribution in [0.1, 0.15) is 42.0 Å². The van der Waals surface area contributed by atoms with Crippen molar-refractivity contribution in [2.75, 3.05) is 17.4 Å². The van der Waals surface area contributed by atoms with Gasteiger partial charge in [-0.05, 0) is 78.9 Å². The highest BCUT2D eigenvalue weighted by Gasteiger charge is 2.34. The molecule has 4 rings (SSSR count). The van der Waals surface area contributed by atoms with E-state index in [-0.39, 0.29) is 23.8 Å². The maximum absolute atomic E-state index is 14.5. The van der Waals surface area contributed by atoms with Gasteiger partial charge in [0.15, 0.2) is 0 Å². The molecule has 0 bridgehead atoms. The molecule has 4 aromatic carbocycles. The molecular weight excluding hydrogens is 606 g/mol. The summed E-state index contributed by atoms with van der Waals surface area (Å²) in [7, 11) is -4.19. The molecule has 0 unspecified atom stereocenters. The third kappa shape index (κ3) is 8.96. The van der Waals surface area contributed by atoms with Crippen molar-refractivity contribution in [2.45, 2.75) is 57.5 Å². The molecule has 45 heavy (non-hydrogen) atoms. The second kappa shape index (κ2) is 15.7. The van der Waals surface area contributed by atoms with Crippen LogP contribution in [0.4, 0.5) is 5.69 Å². The second-order valence-corrected chi connectivity index (χ2v) is 13.4. The fraction of sp³-hybridized carbons (Fsp3) is 0.278. The van der Waals surface area contributed by atoms with Crippen LogP contribution in [0.5, 0.6) is 0 Å². The summed E-state index contributed by atoms with van der Waals surface area (Å²) >= 11 is 6.06. The van der Waals surface area contributed by atoms with Gasteiger partial charge in [0, 0.05) is 24.5 Å². The first-order valence-electron chi connectivity index (χ1n) is 15.1. The highest BCUT2D eigenvalue weighted by atomic mass is 35.5. The van der Waals surface area contributed by atoms with E-state index in [9.17, 15) is 18.0 Å². The number of carbonyl (C=O) groups is 2. The molecule has 1 N–H and O–H groups in total. The number of nitrogens with zero attached hydrogens (tertiary/aromatic N) is 2. The molecule has 0 aliphatic carbocycles. The normalized spacial score (nSPS) is 11.9. The van der Waals surface area contributed by atoms with E-state index >= 15 is 0 Å². The maximum Gasteiger partial charge on any atom is 0.264 e. The molecule has 0 aliphatic rings. The van der Waals surface area contributed by atoms with Crippen LogP contribution in [0.3, 0.4) is 0 Å². The zero-order chi connectivity index (χ0) is 32.4. The summed E-state index contributed by atoms with van der Waals surface area (Å²) in [5, 5.41) is 3.41. The number of benzene rings is 4. The summed E-state index contributed by atoms with van der Waals surface area (Å²) in [4.78, 5) is 29.9. The Morgan fingerprint density at radius 3 is 2.22 bits per heavy atom. The number of rotatable bonds is 14. The van der Waals surface area contributed by atoms with Gasteiger partial charge in [-0.1, -0.05) is 91.7 Å². The lowest BCUT2D eigenvalue weighted by Gasteiger charge is -2.34. The predicted octanol–water partition coefficient (Wildman–Crippen LogP) is 6.71. The van der Waals surface area contributed by atoms with Gasteiger partial charge in [0.25, 0.3) is 10.0 Å². The number of hydrogen-bond donors (Lipinski definition) is 1. The average molecular weight is 646 g/mol. The van der Waals surface area contributed by atoms with Crippen LogP contribution in [0.2, 0.25) is 5.02 Å². The summed E-state index contributed by atoms with van der Waals surface area (Å²) in [5.74, 6) is -0.777. The quantitative estimate of drug-likeness (QED) is 0.155. The van der Waals surface area contributed by atoms with Crippen LogP contribution in [0.15, 0.2) is 108 Å². The number of unbranched alkanes of at least 4 members (excludes halogenated alkanes) is 1. The fourth-order valence-corrected chi connectivity index (χ4v) is 6.61. The molecule has 2 amide bonds. The van der Waals surface area contributed by atoms with Crippen molar-refractivity contribution in [1.82, 2.24) is 10.2 Å². The van der Waals surface area contributed by atoms with Gasteiger partial charge in [-0.2, -0.15) is 0 Å². The van der Waals surface area contributed by atoms with E-state index in [1.807, 2.05) is 81.4 Å². The molecular formula is C36H40ClN3O4S. The van der Waals surface area contributed by atoms with Gasteiger partial charge in [-0.15, -0.1) is 0 Å². The zero-order valence-corrected chi connectivity index (χ0v) is 27.5. The molecule has 0 saturated carbocycles. The van der Waals surface area contributed by atoms with E-state index in [1.165, 1.54) is 29.2 Å². The molecule has 0 aromatic heterocycles. The van der Waals surface area contributed by atoms with E-state index in [0.717, 1.165) is 39.4 Å². The van der Waals surface area contributed by atoms with Crippen LogP contribution in [-0.2, 0) is 32.6 Å². The molecule has 0 fully saturated rings. The number of halogens is 1. The zero-order valence-electron chi connectivity index (χ0n) is 25.9. The Kier molecular flexibility index (Phi) is 11.8. The molecule has 7 nitrogen and oxygen atoms in total. The largest absolute Gasteiger partial charge is 0.354 e. The maximum atomic E-state index is 14.5. The van der Waals surface area contributed by atoms with E-state index < -0.39 is 28.5 Å². The van der Waals surface area contributed by atoms with Gasteiger partial charge in [0.1, 0.15) is 12.6 Å². The van der Waals surface area contributed by atoms with Crippen LogP contribution in [-0.4, -0.2) is 44.3 Å². The van der Waals surface area contributed by atoms with Crippen molar-refractivity contribution >= 4 is 39.1 Å². The number of hydrogen-bond acceptors (Lipinski definition) is 4. The van der Waals surface area contributed by atoms with Crippen molar-refractivity contribution < 1.29 is 18.0 Å². The Morgan fingerprint density at radius 2 is 1.56 bits per heavy atom. The Labute approximate surface area is 271 Å². The van der Waals surface area contributed by atoms with E-state index in [2.05, 4.69) is 5.32 Å². The van der Waals surface area contributed by atoms with Crippen molar-refractivity contribution in [3.63, 3.8) is 0 Å². The SMILES string of the molecule is CCCCNC(=O)[C@H](Cc1ccccc1)N(Cc1ccccc1C)C(=O)CN(c1cccc(C)c1)S(=O)(=O)c1ccc(Cl)cc1. The monoisotopic (exact) mass is 645 g/mol. The summed E-state index contributed by atoms with van der Waals surface area (Å²) < 4.78 is 29.4.